The summed E-state index contributed by atoms with van der Waals surface area (Å²) >= 11 is 0. The fraction of sp³-hybridized carbons (Fsp3) is 0.759. The smallest absolute Gasteiger partial charge is 0.159 e. The van der Waals surface area contributed by atoms with Crippen molar-refractivity contribution in [1.82, 2.24) is 0 Å². The predicted molar refractivity (Wildman–Crippen MR) is 136 cm³/mol. The van der Waals surface area contributed by atoms with E-state index >= 15 is 0 Å². The number of benzene rings is 1. The van der Waals surface area contributed by atoms with E-state index in [0.717, 1.165) is 43.6 Å². The van der Waals surface area contributed by atoms with Crippen LogP contribution in [0.2, 0.25) is 0 Å². The second-order valence-corrected chi connectivity index (χ2v) is 12.4. The number of nitrogens with two attached hydrogens (primary N) is 1. The van der Waals surface area contributed by atoms with Crippen LogP contribution in [0.3, 0.4) is 0 Å². The molecule has 0 bridgehead atoms. The average Bonchev–Trinajstić information content (AvgIpc) is 3.19. The number of rotatable bonds is 6. The van der Waals surface area contributed by atoms with Crippen molar-refractivity contribution in [3.8, 4) is 0 Å². The number of carbonyl (C=O) groups excluding carboxylic acids is 1. The van der Waals surface area contributed by atoms with Crippen LogP contribution in [0.1, 0.15) is 71.6 Å². The van der Waals surface area contributed by atoms with Crippen LogP contribution in [-0.4, -0.2) is 26.0 Å². The number of carbonyl (C=O) groups is 1. The molecule has 5 nitrogen and oxygen atoms in total. The van der Waals surface area contributed by atoms with Crippen molar-refractivity contribution in [2.24, 2.45) is 56.6 Å². The lowest BCUT2D eigenvalue weighted by Crippen LogP contribution is -2.56. The topological polar surface area (TPSA) is 77.0 Å². The Morgan fingerprint density at radius 1 is 1.14 bits per heavy atom. The Labute approximate surface area is 209 Å². The number of nitrogen functional groups attached to an aromatic ring is 1. The van der Waals surface area contributed by atoms with E-state index < -0.39 is 5.82 Å². The van der Waals surface area contributed by atoms with Crippen LogP contribution in [0, 0.1) is 52.2 Å². The Kier molecular flexibility index (Phi) is 6.80. The molecule has 5 rings (SSSR count). The summed E-state index contributed by atoms with van der Waals surface area (Å²) in [6.07, 6.45) is 11.1. The maximum Gasteiger partial charge on any atom is 0.159 e. The minimum atomic E-state index is -0.407. The quantitative estimate of drug-likeness (QED) is 0.350. The zero-order chi connectivity index (χ0) is 24.8. The predicted octanol–water partition coefficient (Wildman–Crippen LogP) is 6.98. The first-order valence-corrected chi connectivity index (χ1v) is 13.7. The van der Waals surface area contributed by atoms with Crippen molar-refractivity contribution >= 4 is 17.2 Å². The summed E-state index contributed by atoms with van der Waals surface area (Å²) in [5.74, 6) is 3.50. The summed E-state index contributed by atoms with van der Waals surface area (Å²) < 4.78 is 19.4. The standard InChI is InChI=1S/C29H42FN3O2/c1-18-10-13-29(17-35-3)19(14-18)4-6-21-22-7-8-24(28(22,2)12-11-23(21)29)27(34)16-32-33-26-15-20(30)5-9-25(26)31/h5,9,15,18-19,21-24H,4,6-8,10-14,16-17,31H2,1-3H3/t18-,19?,21?,22?,23?,24?,28?,29?/m0/s1. The molecule has 0 spiro atoms. The van der Waals surface area contributed by atoms with Crippen LogP contribution in [0.15, 0.2) is 28.4 Å². The minimum Gasteiger partial charge on any atom is -0.397 e. The third-order valence-electron chi connectivity index (χ3n) is 10.8. The van der Waals surface area contributed by atoms with Gasteiger partial charge in [0, 0.05) is 19.1 Å². The first-order chi connectivity index (χ1) is 16.8. The van der Waals surface area contributed by atoms with Gasteiger partial charge in [-0.15, -0.1) is 0 Å². The van der Waals surface area contributed by atoms with Crippen molar-refractivity contribution in [3.05, 3.63) is 24.0 Å². The summed E-state index contributed by atoms with van der Waals surface area (Å²) in [5, 5.41) is 8.22. The van der Waals surface area contributed by atoms with E-state index in [-0.39, 0.29) is 29.3 Å². The van der Waals surface area contributed by atoms with Gasteiger partial charge < -0.3 is 10.5 Å². The third-order valence-corrected chi connectivity index (χ3v) is 10.8. The van der Waals surface area contributed by atoms with Gasteiger partial charge in [0.25, 0.3) is 0 Å². The number of methoxy groups -OCH3 is 1. The molecule has 0 aromatic heterocycles. The molecular weight excluding hydrogens is 441 g/mol. The van der Waals surface area contributed by atoms with E-state index in [0.29, 0.717) is 22.9 Å². The highest BCUT2D eigenvalue weighted by atomic mass is 19.1. The summed E-state index contributed by atoms with van der Waals surface area (Å²) in [5.41, 5.74) is 6.92. The highest BCUT2D eigenvalue weighted by Gasteiger charge is 2.62. The summed E-state index contributed by atoms with van der Waals surface area (Å²) in [6, 6.07) is 4.04. The number of fused-ring (bicyclic) bond motifs is 5. The van der Waals surface area contributed by atoms with Gasteiger partial charge in [0.05, 0.1) is 12.3 Å². The average molecular weight is 484 g/mol. The first-order valence-electron chi connectivity index (χ1n) is 13.7. The van der Waals surface area contributed by atoms with E-state index in [1.54, 1.807) is 0 Å². The largest absolute Gasteiger partial charge is 0.397 e. The summed E-state index contributed by atoms with van der Waals surface area (Å²) in [4.78, 5) is 13.4. The van der Waals surface area contributed by atoms with Crippen LogP contribution < -0.4 is 5.73 Å². The number of anilines is 1. The maximum absolute atomic E-state index is 13.5. The van der Waals surface area contributed by atoms with Crippen LogP contribution in [0.25, 0.3) is 0 Å². The van der Waals surface area contributed by atoms with Crippen molar-refractivity contribution in [2.45, 2.75) is 71.6 Å². The molecule has 1 aromatic rings. The zero-order valence-corrected chi connectivity index (χ0v) is 21.6. The van der Waals surface area contributed by atoms with Gasteiger partial charge in [-0.05, 0) is 104 Å². The van der Waals surface area contributed by atoms with E-state index in [9.17, 15) is 9.18 Å². The van der Waals surface area contributed by atoms with E-state index in [4.69, 9.17) is 10.5 Å². The molecule has 4 saturated carbocycles. The number of ketones is 1. The molecule has 6 heteroatoms. The van der Waals surface area contributed by atoms with Gasteiger partial charge in [0.2, 0.25) is 0 Å². The van der Waals surface area contributed by atoms with Gasteiger partial charge in [-0.2, -0.15) is 10.2 Å². The van der Waals surface area contributed by atoms with Gasteiger partial charge in [-0.1, -0.05) is 20.3 Å². The van der Waals surface area contributed by atoms with Crippen LogP contribution in [0.5, 0.6) is 0 Å². The van der Waals surface area contributed by atoms with E-state index in [1.807, 2.05) is 7.11 Å². The molecule has 8 atom stereocenters. The number of hydrogen-bond acceptors (Lipinski definition) is 5. The monoisotopic (exact) mass is 483 g/mol. The minimum absolute atomic E-state index is 0.0414. The normalized spacial score (nSPS) is 40.8. The lowest BCUT2D eigenvalue weighted by molar-refractivity contribution is -0.154. The van der Waals surface area contributed by atoms with E-state index in [1.165, 1.54) is 56.7 Å². The van der Waals surface area contributed by atoms with Crippen LogP contribution >= 0.6 is 0 Å². The maximum atomic E-state index is 13.5. The van der Waals surface area contributed by atoms with E-state index in [2.05, 4.69) is 24.1 Å². The van der Waals surface area contributed by atoms with Crippen molar-refractivity contribution in [1.29, 1.82) is 0 Å². The molecule has 1 aromatic carbocycles. The van der Waals surface area contributed by atoms with Gasteiger partial charge >= 0.3 is 0 Å². The number of nitrogens with zero attached hydrogens (tertiary/aromatic N) is 2. The fourth-order valence-electron chi connectivity index (χ4n) is 9.24. The second-order valence-electron chi connectivity index (χ2n) is 12.4. The Balaban J connectivity index is 1.31. The Morgan fingerprint density at radius 2 is 1.97 bits per heavy atom. The molecule has 0 radical (unpaired) electrons. The molecule has 35 heavy (non-hydrogen) atoms. The van der Waals surface area contributed by atoms with Gasteiger partial charge in [-0.3, -0.25) is 4.79 Å². The van der Waals surface area contributed by atoms with Crippen molar-refractivity contribution in [2.75, 3.05) is 26.0 Å². The summed E-state index contributed by atoms with van der Waals surface area (Å²) in [7, 11) is 1.89. The SMILES string of the molecule is COCC12CC[C@H](C)CC1CCC1C3CCC(C(=O)CN=Nc4cc(F)ccc4N)C3(C)CCC12. The molecular formula is C29H42FN3O2. The Morgan fingerprint density at radius 3 is 2.77 bits per heavy atom. The number of azo groups is 1. The van der Waals surface area contributed by atoms with Gasteiger partial charge in [0.1, 0.15) is 18.0 Å². The number of hydrogen-bond donors (Lipinski definition) is 1. The lowest BCUT2D eigenvalue weighted by Gasteiger charge is -2.61. The molecule has 4 fully saturated rings. The Bertz CT molecular complexity index is 983. The van der Waals surface area contributed by atoms with Crippen molar-refractivity contribution in [3.63, 3.8) is 0 Å². The molecule has 7 unspecified atom stereocenters. The van der Waals surface area contributed by atoms with Gasteiger partial charge in [0.15, 0.2) is 5.78 Å². The Hall–Kier alpha value is -1.82. The lowest BCUT2D eigenvalue weighted by atomic mass is 9.44. The number of halogens is 1. The highest BCUT2D eigenvalue weighted by molar-refractivity contribution is 5.84. The van der Waals surface area contributed by atoms with Gasteiger partial charge in [-0.25, -0.2) is 4.39 Å². The van der Waals surface area contributed by atoms with Crippen LogP contribution in [-0.2, 0) is 9.53 Å². The summed E-state index contributed by atoms with van der Waals surface area (Å²) in [6.45, 7) is 5.75. The highest BCUT2D eigenvalue weighted by Crippen LogP contribution is 2.68. The molecule has 4 aliphatic rings. The second kappa shape index (κ2) is 9.57. The first kappa shape index (κ1) is 24.9. The zero-order valence-electron chi connectivity index (χ0n) is 21.6. The molecule has 0 heterocycles. The van der Waals surface area contributed by atoms with Crippen LogP contribution in [0.4, 0.5) is 15.8 Å². The molecule has 0 aliphatic heterocycles. The molecule has 0 saturated heterocycles. The molecule has 0 amide bonds. The molecule has 192 valence electrons. The third kappa shape index (κ3) is 4.24. The molecule has 2 N–H and O–H groups in total. The number of ether oxygens (including phenoxy) is 1. The van der Waals surface area contributed by atoms with Crippen molar-refractivity contribution < 1.29 is 13.9 Å². The molecule has 4 aliphatic carbocycles. The number of Topliss-reactive ketones (excluding diaryl/α,β-unsaturated/α-hetero) is 1. The fourth-order valence-corrected chi connectivity index (χ4v) is 9.24.